The predicted octanol–water partition coefficient (Wildman–Crippen LogP) is 4.32. The van der Waals surface area contributed by atoms with Gasteiger partial charge in [-0.1, -0.05) is 24.3 Å². The normalized spacial score (nSPS) is 13.4. The van der Waals surface area contributed by atoms with Gasteiger partial charge in [0.05, 0.1) is 6.20 Å². The Morgan fingerprint density at radius 2 is 1.92 bits per heavy atom. The first-order chi connectivity index (χ1) is 12.2. The lowest BCUT2D eigenvalue weighted by Crippen LogP contribution is -2.25. The number of anilines is 4. The van der Waals surface area contributed by atoms with Crippen molar-refractivity contribution in [3.8, 4) is 0 Å². The second-order valence-corrected chi connectivity index (χ2v) is 6.45. The average molecular weight is 331 g/mol. The molecule has 1 N–H and O–H groups in total. The SMILES string of the molecule is Cc1ccc(Nc2nncc(N3CCCc4ccccc43)n2)cc1C. The fraction of sp³-hybridized carbons (Fsp3) is 0.250. The van der Waals surface area contributed by atoms with Crippen LogP contribution in [0.25, 0.3) is 0 Å². The Balaban J connectivity index is 1.63. The fourth-order valence-corrected chi connectivity index (χ4v) is 3.20. The second-order valence-electron chi connectivity index (χ2n) is 6.45. The molecule has 0 saturated heterocycles. The summed E-state index contributed by atoms with van der Waals surface area (Å²) in [6.07, 6.45) is 3.95. The molecule has 5 nitrogen and oxygen atoms in total. The van der Waals surface area contributed by atoms with Crippen LogP contribution in [-0.4, -0.2) is 21.7 Å². The van der Waals surface area contributed by atoms with E-state index in [1.807, 2.05) is 6.07 Å². The maximum atomic E-state index is 4.68. The van der Waals surface area contributed by atoms with Crippen molar-refractivity contribution >= 4 is 23.1 Å². The molecule has 1 aromatic heterocycles. The van der Waals surface area contributed by atoms with Crippen molar-refractivity contribution in [1.29, 1.82) is 0 Å². The number of hydrogen-bond acceptors (Lipinski definition) is 5. The first kappa shape index (κ1) is 15.6. The van der Waals surface area contributed by atoms with Crippen LogP contribution in [0.5, 0.6) is 0 Å². The predicted molar refractivity (Wildman–Crippen MR) is 101 cm³/mol. The van der Waals surface area contributed by atoms with Gasteiger partial charge < -0.3 is 10.2 Å². The van der Waals surface area contributed by atoms with E-state index in [1.54, 1.807) is 6.20 Å². The third kappa shape index (κ3) is 3.18. The zero-order chi connectivity index (χ0) is 17.2. The van der Waals surface area contributed by atoms with Gasteiger partial charge in [0.2, 0.25) is 5.95 Å². The number of fused-ring (bicyclic) bond motifs is 1. The maximum absolute atomic E-state index is 4.68. The van der Waals surface area contributed by atoms with Crippen molar-refractivity contribution in [2.45, 2.75) is 26.7 Å². The summed E-state index contributed by atoms with van der Waals surface area (Å²) >= 11 is 0. The first-order valence-electron chi connectivity index (χ1n) is 8.60. The van der Waals surface area contributed by atoms with E-state index in [0.29, 0.717) is 5.95 Å². The van der Waals surface area contributed by atoms with Gasteiger partial charge in [0.15, 0.2) is 5.82 Å². The molecule has 25 heavy (non-hydrogen) atoms. The smallest absolute Gasteiger partial charge is 0.249 e. The molecule has 0 amide bonds. The number of aryl methyl sites for hydroxylation is 3. The Morgan fingerprint density at radius 3 is 2.80 bits per heavy atom. The van der Waals surface area contributed by atoms with Gasteiger partial charge in [-0.15, -0.1) is 5.10 Å². The van der Waals surface area contributed by atoms with E-state index in [-0.39, 0.29) is 0 Å². The average Bonchev–Trinajstić information content (AvgIpc) is 2.64. The molecule has 0 bridgehead atoms. The summed E-state index contributed by atoms with van der Waals surface area (Å²) in [5.74, 6) is 1.34. The van der Waals surface area contributed by atoms with Gasteiger partial charge in [-0.3, -0.25) is 0 Å². The van der Waals surface area contributed by atoms with Gasteiger partial charge in [-0.25, -0.2) is 0 Å². The van der Waals surface area contributed by atoms with Crippen molar-refractivity contribution < 1.29 is 0 Å². The number of para-hydroxylation sites is 1. The van der Waals surface area contributed by atoms with Crippen LogP contribution < -0.4 is 10.2 Å². The molecule has 0 radical (unpaired) electrons. The molecule has 0 spiro atoms. The molecular weight excluding hydrogens is 310 g/mol. The molecular formula is C20H21N5. The number of aromatic nitrogens is 3. The van der Waals surface area contributed by atoms with Gasteiger partial charge in [0.25, 0.3) is 0 Å². The minimum absolute atomic E-state index is 0.517. The minimum Gasteiger partial charge on any atom is -0.325 e. The molecule has 1 aliphatic rings. The third-order valence-electron chi connectivity index (χ3n) is 4.70. The molecule has 2 heterocycles. The van der Waals surface area contributed by atoms with Crippen LogP contribution >= 0.6 is 0 Å². The summed E-state index contributed by atoms with van der Waals surface area (Å²) in [5.41, 5.74) is 6.05. The summed E-state index contributed by atoms with van der Waals surface area (Å²) in [5, 5.41) is 11.6. The summed E-state index contributed by atoms with van der Waals surface area (Å²) in [4.78, 5) is 6.91. The van der Waals surface area contributed by atoms with Crippen molar-refractivity contribution in [3.05, 3.63) is 65.4 Å². The monoisotopic (exact) mass is 331 g/mol. The maximum Gasteiger partial charge on any atom is 0.249 e. The summed E-state index contributed by atoms with van der Waals surface area (Å²) in [6.45, 7) is 5.14. The number of nitrogens with zero attached hydrogens (tertiary/aromatic N) is 4. The zero-order valence-electron chi connectivity index (χ0n) is 14.5. The van der Waals surface area contributed by atoms with Crippen molar-refractivity contribution in [2.24, 2.45) is 0 Å². The topological polar surface area (TPSA) is 53.9 Å². The highest BCUT2D eigenvalue weighted by Gasteiger charge is 2.19. The van der Waals surface area contributed by atoms with Gasteiger partial charge in [0.1, 0.15) is 0 Å². The van der Waals surface area contributed by atoms with Crippen LogP contribution in [0.1, 0.15) is 23.1 Å². The number of benzene rings is 2. The molecule has 0 fully saturated rings. The molecule has 1 aliphatic heterocycles. The van der Waals surface area contributed by atoms with Crippen molar-refractivity contribution in [3.63, 3.8) is 0 Å². The van der Waals surface area contributed by atoms with E-state index < -0.39 is 0 Å². The molecule has 5 heteroatoms. The molecule has 126 valence electrons. The highest BCUT2D eigenvalue weighted by atomic mass is 15.3. The molecule has 4 rings (SSSR count). The Labute approximate surface area is 147 Å². The van der Waals surface area contributed by atoms with Crippen LogP contribution in [-0.2, 0) is 6.42 Å². The van der Waals surface area contributed by atoms with E-state index in [4.69, 9.17) is 0 Å². The highest BCUT2D eigenvalue weighted by Crippen LogP contribution is 2.32. The van der Waals surface area contributed by atoms with E-state index in [1.165, 1.54) is 22.4 Å². The molecule has 0 saturated carbocycles. The molecule has 2 aromatic carbocycles. The molecule has 0 unspecified atom stereocenters. The summed E-state index contributed by atoms with van der Waals surface area (Å²) in [7, 11) is 0. The number of rotatable bonds is 3. The largest absolute Gasteiger partial charge is 0.325 e. The Bertz CT molecular complexity index is 906. The van der Waals surface area contributed by atoms with Gasteiger partial charge >= 0.3 is 0 Å². The van der Waals surface area contributed by atoms with Gasteiger partial charge in [-0.2, -0.15) is 10.1 Å². The van der Waals surface area contributed by atoms with Gasteiger partial charge in [-0.05, 0) is 61.6 Å². The quantitative estimate of drug-likeness (QED) is 0.775. The zero-order valence-corrected chi connectivity index (χ0v) is 14.5. The molecule has 0 atom stereocenters. The number of nitrogens with one attached hydrogen (secondary N) is 1. The third-order valence-corrected chi connectivity index (χ3v) is 4.70. The van der Waals surface area contributed by atoms with Crippen LogP contribution in [0.4, 0.5) is 23.1 Å². The van der Waals surface area contributed by atoms with Crippen LogP contribution in [0.2, 0.25) is 0 Å². The lowest BCUT2D eigenvalue weighted by molar-refractivity contribution is 0.754. The highest BCUT2D eigenvalue weighted by molar-refractivity contribution is 5.66. The minimum atomic E-state index is 0.517. The Kier molecular flexibility index (Phi) is 4.06. The standard InChI is InChI=1S/C20H21N5/c1-14-9-10-17(12-15(14)2)22-20-23-19(13-21-24-20)25-11-5-7-16-6-3-4-8-18(16)25/h3-4,6,8-10,12-13H,5,7,11H2,1-2H3,(H,22,23,24). The molecule has 0 aliphatic carbocycles. The fourth-order valence-electron chi connectivity index (χ4n) is 3.20. The second kappa shape index (κ2) is 6.51. The lowest BCUT2D eigenvalue weighted by Gasteiger charge is -2.30. The van der Waals surface area contributed by atoms with E-state index in [9.17, 15) is 0 Å². The van der Waals surface area contributed by atoms with Crippen LogP contribution in [0, 0.1) is 13.8 Å². The van der Waals surface area contributed by atoms with E-state index in [2.05, 4.69) is 75.6 Å². The van der Waals surface area contributed by atoms with E-state index in [0.717, 1.165) is 30.9 Å². The summed E-state index contributed by atoms with van der Waals surface area (Å²) < 4.78 is 0. The lowest BCUT2D eigenvalue weighted by atomic mass is 10.0. The Morgan fingerprint density at radius 1 is 1.04 bits per heavy atom. The van der Waals surface area contributed by atoms with Crippen LogP contribution in [0.15, 0.2) is 48.7 Å². The first-order valence-corrected chi connectivity index (χ1v) is 8.60. The molecule has 3 aromatic rings. The Hall–Kier alpha value is -2.95. The van der Waals surface area contributed by atoms with E-state index >= 15 is 0 Å². The van der Waals surface area contributed by atoms with Crippen LogP contribution in [0.3, 0.4) is 0 Å². The van der Waals surface area contributed by atoms with Crippen molar-refractivity contribution in [1.82, 2.24) is 15.2 Å². The van der Waals surface area contributed by atoms with Gasteiger partial charge in [0, 0.05) is 17.9 Å². The number of hydrogen-bond donors (Lipinski definition) is 1. The summed E-state index contributed by atoms with van der Waals surface area (Å²) in [6, 6.07) is 14.7. The van der Waals surface area contributed by atoms with Crippen molar-refractivity contribution in [2.75, 3.05) is 16.8 Å².